The summed E-state index contributed by atoms with van der Waals surface area (Å²) in [5.74, 6) is 0.830. The number of carbonyl (C=O) groups is 1. The SMILES string of the molecule is CCOc1ccc(CNC(=O)c2c(-c3cccc(F)c3)noc2C)cc1OC. The van der Waals surface area contributed by atoms with Gasteiger partial charge in [0, 0.05) is 12.1 Å². The molecule has 0 spiro atoms. The number of methoxy groups -OCH3 is 1. The van der Waals surface area contributed by atoms with Crippen LogP contribution in [-0.4, -0.2) is 24.8 Å². The average molecular weight is 384 g/mol. The van der Waals surface area contributed by atoms with Crippen LogP contribution in [0.5, 0.6) is 11.5 Å². The number of aromatic nitrogens is 1. The average Bonchev–Trinajstić information content (AvgIpc) is 3.08. The van der Waals surface area contributed by atoms with Crippen LogP contribution in [0.25, 0.3) is 11.3 Å². The lowest BCUT2D eigenvalue weighted by atomic mass is 10.1. The van der Waals surface area contributed by atoms with Crippen LogP contribution in [-0.2, 0) is 6.54 Å². The fraction of sp³-hybridized carbons (Fsp3) is 0.238. The van der Waals surface area contributed by atoms with E-state index in [2.05, 4.69) is 10.5 Å². The molecule has 146 valence electrons. The predicted molar refractivity (Wildman–Crippen MR) is 102 cm³/mol. The summed E-state index contributed by atoms with van der Waals surface area (Å²) in [7, 11) is 1.56. The first kappa shape index (κ1) is 19.4. The van der Waals surface area contributed by atoms with Gasteiger partial charge in [-0.1, -0.05) is 23.4 Å². The van der Waals surface area contributed by atoms with Crippen LogP contribution in [0.3, 0.4) is 0 Å². The zero-order valence-corrected chi connectivity index (χ0v) is 15.9. The Balaban J connectivity index is 1.78. The molecule has 0 saturated heterocycles. The first-order chi connectivity index (χ1) is 13.5. The zero-order chi connectivity index (χ0) is 20.1. The minimum atomic E-state index is -0.411. The van der Waals surface area contributed by atoms with Crippen molar-refractivity contribution in [3.8, 4) is 22.8 Å². The number of hydrogen-bond acceptors (Lipinski definition) is 5. The summed E-state index contributed by atoms with van der Waals surface area (Å²) in [6.07, 6.45) is 0. The molecule has 0 bridgehead atoms. The minimum Gasteiger partial charge on any atom is -0.493 e. The van der Waals surface area contributed by atoms with Crippen molar-refractivity contribution in [2.75, 3.05) is 13.7 Å². The van der Waals surface area contributed by atoms with Crippen molar-refractivity contribution in [3.63, 3.8) is 0 Å². The Kier molecular flexibility index (Phi) is 5.93. The molecule has 1 aromatic heterocycles. The maximum Gasteiger partial charge on any atom is 0.257 e. The number of benzene rings is 2. The van der Waals surface area contributed by atoms with E-state index in [1.165, 1.54) is 12.1 Å². The highest BCUT2D eigenvalue weighted by atomic mass is 19.1. The smallest absolute Gasteiger partial charge is 0.257 e. The Bertz CT molecular complexity index is 984. The molecule has 0 aliphatic heterocycles. The lowest BCUT2D eigenvalue weighted by Gasteiger charge is -2.11. The molecule has 1 N–H and O–H groups in total. The fourth-order valence-electron chi connectivity index (χ4n) is 2.84. The summed E-state index contributed by atoms with van der Waals surface area (Å²) in [5.41, 5.74) is 1.90. The summed E-state index contributed by atoms with van der Waals surface area (Å²) in [6.45, 7) is 4.34. The first-order valence-electron chi connectivity index (χ1n) is 8.83. The Labute approximate surface area is 162 Å². The third-order valence-electron chi connectivity index (χ3n) is 4.17. The van der Waals surface area contributed by atoms with E-state index >= 15 is 0 Å². The Morgan fingerprint density at radius 3 is 2.75 bits per heavy atom. The summed E-state index contributed by atoms with van der Waals surface area (Å²) >= 11 is 0. The molecule has 0 fully saturated rings. The topological polar surface area (TPSA) is 73.6 Å². The van der Waals surface area contributed by atoms with Gasteiger partial charge in [0.2, 0.25) is 0 Å². The van der Waals surface area contributed by atoms with Crippen LogP contribution in [0.2, 0.25) is 0 Å². The molecule has 28 heavy (non-hydrogen) atoms. The van der Waals surface area contributed by atoms with Crippen molar-refractivity contribution in [2.24, 2.45) is 0 Å². The molecule has 0 radical (unpaired) electrons. The molecule has 0 aliphatic carbocycles. The van der Waals surface area contributed by atoms with E-state index in [4.69, 9.17) is 14.0 Å². The summed E-state index contributed by atoms with van der Waals surface area (Å²) in [5, 5.41) is 6.76. The summed E-state index contributed by atoms with van der Waals surface area (Å²) < 4.78 is 29.5. The van der Waals surface area contributed by atoms with Crippen LogP contribution in [0.15, 0.2) is 47.0 Å². The van der Waals surface area contributed by atoms with Crippen molar-refractivity contribution >= 4 is 5.91 Å². The van der Waals surface area contributed by atoms with Crippen LogP contribution < -0.4 is 14.8 Å². The quantitative estimate of drug-likeness (QED) is 0.663. The monoisotopic (exact) mass is 384 g/mol. The molecule has 6 nitrogen and oxygen atoms in total. The van der Waals surface area contributed by atoms with Crippen molar-refractivity contribution in [2.45, 2.75) is 20.4 Å². The maximum atomic E-state index is 13.5. The van der Waals surface area contributed by atoms with E-state index in [-0.39, 0.29) is 18.0 Å². The molecule has 0 atom stereocenters. The Hall–Kier alpha value is -3.35. The highest BCUT2D eigenvalue weighted by molar-refractivity contribution is 6.00. The van der Waals surface area contributed by atoms with E-state index in [0.29, 0.717) is 35.1 Å². The van der Waals surface area contributed by atoms with E-state index in [1.54, 1.807) is 38.3 Å². The van der Waals surface area contributed by atoms with Crippen molar-refractivity contribution in [3.05, 3.63) is 65.2 Å². The van der Waals surface area contributed by atoms with Gasteiger partial charge < -0.3 is 19.3 Å². The standard InChI is InChI=1S/C21H21FN2O4/c1-4-27-17-9-8-14(10-18(17)26-3)12-23-21(25)19-13(2)28-24-20(19)15-6-5-7-16(22)11-15/h5-11H,4,12H2,1-3H3,(H,23,25). The second kappa shape index (κ2) is 8.56. The molecular weight excluding hydrogens is 363 g/mol. The Morgan fingerprint density at radius 2 is 2.04 bits per heavy atom. The van der Waals surface area contributed by atoms with E-state index in [0.717, 1.165) is 5.56 Å². The van der Waals surface area contributed by atoms with Gasteiger partial charge in [-0.2, -0.15) is 0 Å². The number of nitrogens with one attached hydrogen (secondary N) is 1. The van der Waals surface area contributed by atoms with Crippen molar-refractivity contribution in [1.29, 1.82) is 0 Å². The van der Waals surface area contributed by atoms with Gasteiger partial charge in [-0.15, -0.1) is 0 Å². The maximum absolute atomic E-state index is 13.5. The molecular formula is C21H21FN2O4. The third-order valence-corrected chi connectivity index (χ3v) is 4.17. The minimum absolute atomic E-state index is 0.273. The van der Waals surface area contributed by atoms with Gasteiger partial charge in [-0.25, -0.2) is 4.39 Å². The lowest BCUT2D eigenvalue weighted by molar-refractivity contribution is 0.0950. The van der Waals surface area contributed by atoms with Crippen molar-refractivity contribution < 1.29 is 23.2 Å². The molecule has 2 aromatic carbocycles. The number of hydrogen-bond donors (Lipinski definition) is 1. The van der Waals surface area contributed by atoms with Gasteiger partial charge >= 0.3 is 0 Å². The third kappa shape index (κ3) is 4.14. The number of carbonyl (C=O) groups excluding carboxylic acids is 1. The normalized spacial score (nSPS) is 10.6. The molecule has 0 unspecified atom stereocenters. The van der Waals surface area contributed by atoms with Gasteiger partial charge in [0.05, 0.1) is 13.7 Å². The second-order valence-electron chi connectivity index (χ2n) is 6.07. The number of amides is 1. The van der Waals surface area contributed by atoms with Gasteiger partial charge in [0.15, 0.2) is 11.5 Å². The second-order valence-corrected chi connectivity index (χ2v) is 6.07. The molecule has 1 heterocycles. The predicted octanol–water partition coefficient (Wildman–Crippen LogP) is 4.13. The van der Waals surface area contributed by atoms with Gasteiger partial charge in [0.25, 0.3) is 5.91 Å². The lowest BCUT2D eigenvalue weighted by Crippen LogP contribution is -2.23. The molecule has 7 heteroatoms. The highest BCUT2D eigenvalue weighted by Crippen LogP contribution is 2.29. The van der Waals surface area contributed by atoms with Crippen molar-refractivity contribution in [1.82, 2.24) is 10.5 Å². The number of halogens is 1. The number of nitrogens with zero attached hydrogens (tertiary/aromatic N) is 1. The molecule has 0 saturated carbocycles. The first-order valence-corrected chi connectivity index (χ1v) is 8.83. The number of aryl methyl sites for hydroxylation is 1. The number of ether oxygens (including phenoxy) is 2. The van der Waals surface area contributed by atoms with Crippen LogP contribution in [0, 0.1) is 12.7 Å². The number of rotatable bonds is 7. The van der Waals surface area contributed by atoms with E-state index in [9.17, 15) is 9.18 Å². The molecule has 3 aromatic rings. The zero-order valence-electron chi connectivity index (χ0n) is 15.9. The molecule has 0 aliphatic rings. The van der Waals surface area contributed by atoms with Crippen LogP contribution >= 0.6 is 0 Å². The summed E-state index contributed by atoms with van der Waals surface area (Å²) in [4.78, 5) is 12.7. The van der Waals surface area contributed by atoms with Crippen LogP contribution in [0.1, 0.15) is 28.6 Å². The molecule has 1 amide bonds. The molecule has 3 rings (SSSR count). The largest absolute Gasteiger partial charge is 0.493 e. The summed E-state index contributed by atoms with van der Waals surface area (Å²) in [6, 6.07) is 11.3. The Morgan fingerprint density at radius 1 is 1.21 bits per heavy atom. The fourth-order valence-corrected chi connectivity index (χ4v) is 2.84. The van der Waals surface area contributed by atoms with Gasteiger partial charge in [-0.05, 0) is 43.7 Å². The van der Waals surface area contributed by atoms with Gasteiger partial charge in [-0.3, -0.25) is 4.79 Å². The van der Waals surface area contributed by atoms with E-state index < -0.39 is 5.82 Å². The highest BCUT2D eigenvalue weighted by Gasteiger charge is 2.21. The van der Waals surface area contributed by atoms with Crippen LogP contribution in [0.4, 0.5) is 4.39 Å². The van der Waals surface area contributed by atoms with E-state index in [1.807, 2.05) is 13.0 Å². The van der Waals surface area contributed by atoms with Gasteiger partial charge in [0.1, 0.15) is 22.8 Å².